The highest BCUT2D eigenvalue weighted by Crippen LogP contribution is 2.13. The van der Waals surface area contributed by atoms with E-state index in [4.69, 9.17) is 5.84 Å². The molecule has 1 amide bonds. The number of nitrogens with two attached hydrogens (primary N) is 1. The summed E-state index contributed by atoms with van der Waals surface area (Å²) in [6, 6.07) is 17.2. The van der Waals surface area contributed by atoms with Crippen LogP contribution in [-0.2, 0) is 30.6 Å². The molecule has 5 nitrogen and oxygen atoms in total. The smallest absolute Gasteiger partial charge is 0.238 e. The van der Waals surface area contributed by atoms with Crippen molar-refractivity contribution in [3.63, 3.8) is 0 Å². The van der Waals surface area contributed by atoms with E-state index in [2.05, 4.69) is 52.0 Å². The van der Waals surface area contributed by atoms with E-state index >= 15 is 0 Å². The Morgan fingerprint density at radius 2 is 1.48 bits per heavy atom. The van der Waals surface area contributed by atoms with E-state index < -0.39 is 0 Å². The molecule has 3 rings (SSSR count). The molecule has 0 spiro atoms. The topological polar surface area (TPSA) is 70.4 Å². The summed E-state index contributed by atoms with van der Waals surface area (Å²) >= 11 is 0. The number of hydrazine groups is 1. The fourth-order valence-electron chi connectivity index (χ4n) is 3.36. The fraction of sp³-hybridized carbons (Fsp3) is 0.381. The third-order valence-corrected chi connectivity index (χ3v) is 4.86. The van der Waals surface area contributed by atoms with Gasteiger partial charge in [0.25, 0.3) is 0 Å². The molecule has 4 N–H and O–H groups in total. The Hall–Kier alpha value is -1.34. The molecular weight excluding hydrogens is 431 g/mol. The van der Waals surface area contributed by atoms with E-state index in [1.54, 1.807) is 0 Å². The molecule has 1 fully saturated rings. The SMILES string of the molecule is Cl.Cl.Cl.NNC(=O)Cc1ccc(CCc2cccc(CN3CCNCC3)c2)cc1. The van der Waals surface area contributed by atoms with Crippen molar-refractivity contribution in [1.82, 2.24) is 15.6 Å². The first-order valence-electron chi connectivity index (χ1n) is 9.31. The number of rotatable bonds is 7. The highest BCUT2D eigenvalue weighted by Gasteiger charge is 2.10. The highest BCUT2D eigenvalue weighted by atomic mass is 35.5. The van der Waals surface area contributed by atoms with E-state index in [-0.39, 0.29) is 43.1 Å². The molecular formula is C21H31Cl3N4O. The molecule has 162 valence electrons. The molecule has 0 saturated carbocycles. The van der Waals surface area contributed by atoms with Crippen LogP contribution in [0.3, 0.4) is 0 Å². The molecule has 1 aliphatic rings. The molecule has 0 aliphatic carbocycles. The lowest BCUT2D eigenvalue weighted by molar-refractivity contribution is -0.120. The lowest BCUT2D eigenvalue weighted by Gasteiger charge is -2.27. The Balaban J connectivity index is 0.00000261. The molecule has 1 saturated heterocycles. The van der Waals surface area contributed by atoms with Crippen molar-refractivity contribution in [2.45, 2.75) is 25.8 Å². The van der Waals surface area contributed by atoms with Crippen LogP contribution in [0.1, 0.15) is 22.3 Å². The monoisotopic (exact) mass is 460 g/mol. The van der Waals surface area contributed by atoms with E-state index in [1.807, 2.05) is 12.1 Å². The summed E-state index contributed by atoms with van der Waals surface area (Å²) in [5.41, 5.74) is 7.21. The minimum atomic E-state index is -0.168. The molecule has 8 heteroatoms. The molecule has 0 atom stereocenters. The van der Waals surface area contributed by atoms with Crippen LogP contribution in [0.15, 0.2) is 48.5 Å². The number of nitrogens with one attached hydrogen (secondary N) is 2. The minimum absolute atomic E-state index is 0. The summed E-state index contributed by atoms with van der Waals surface area (Å²) in [7, 11) is 0. The van der Waals surface area contributed by atoms with Gasteiger partial charge < -0.3 is 5.32 Å². The number of hydrogen-bond acceptors (Lipinski definition) is 4. The first-order valence-corrected chi connectivity index (χ1v) is 9.31. The maximum atomic E-state index is 11.3. The van der Waals surface area contributed by atoms with Gasteiger partial charge in [-0.25, -0.2) is 5.84 Å². The van der Waals surface area contributed by atoms with Crippen LogP contribution in [0, 0.1) is 0 Å². The second-order valence-corrected chi connectivity index (χ2v) is 6.91. The normalized spacial score (nSPS) is 13.4. The third-order valence-electron chi connectivity index (χ3n) is 4.86. The van der Waals surface area contributed by atoms with E-state index in [9.17, 15) is 4.79 Å². The van der Waals surface area contributed by atoms with Crippen LogP contribution in [0.5, 0.6) is 0 Å². The van der Waals surface area contributed by atoms with Gasteiger partial charge in [-0.05, 0) is 35.1 Å². The summed E-state index contributed by atoms with van der Waals surface area (Å²) in [6.07, 6.45) is 2.35. The summed E-state index contributed by atoms with van der Waals surface area (Å²) in [6.45, 7) is 5.45. The Bertz CT molecular complexity index is 722. The average molecular weight is 462 g/mol. The third kappa shape index (κ3) is 9.34. The second kappa shape index (κ2) is 14.6. The zero-order chi connectivity index (χ0) is 18.2. The van der Waals surface area contributed by atoms with Crippen LogP contribution >= 0.6 is 37.2 Å². The Morgan fingerprint density at radius 1 is 0.897 bits per heavy atom. The van der Waals surface area contributed by atoms with Crippen molar-refractivity contribution in [2.24, 2.45) is 5.84 Å². The number of nitrogens with zero attached hydrogens (tertiary/aromatic N) is 1. The lowest BCUT2D eigenvalue weighted by atomic mass is 10.0. The predicted octanol–water partition coefficient (Wildman–Crippen LogP) is 2.67. The molecule has 1 aliphatic heterocycles. The van der Waals surface area contributed by atoms with Crippen LogP contribution < -0.4 is 16.6 Å². The number of carbonyl (C=O) groups excluding carboxylic acids is 1. The van der Waals surface area contributed by atoms with Gasteiger partial charge in [0.2, 0.25) is 5.91 Å². The van der Waals surface area contributed by atoms with Crippen molar-refractivity contribution >= 4 is 43.1 Å². The number of halogens is 3. The zero-order valence-electron chi connectivity index (χ0n) is 16.4. The highest BCUT2D eigenvalue weighted by molar-refractivity contribution is 5.86. The molecule has 1 heterocycles. The van der Waals surface area contributed by atoms with Crippen molar-refractivity contribution in [3.05, 3.63) is 70.8 Å². The van der Waals surface area contributed by atoms with Crippen molar-refractivity contribution in [1.29, 1.82) is 0 Å². The van der Waals surface area contributed by atoms with Gasteiger partial charge >= 0.3 is 0 Å². The zero-order valence-corrected chi connectivity index (χ0v) is 18.9. The largest absolute Gasteiger partial charge is 0.314 e. The van der Waals surface area contributed by atoms with E-state index in [1.165, 1.54) is 16.7 Å². The van der Waals surface area contributed by atoms with Crippen LogP contribution in [-0.4, -0.2) is 37.0 Å². The Morgan fingerprint density at radius 3 is 2.14 bits per heavy atom. The Labute approximate surface area is 192 Å². The van der Waals surface area contributed by atoms with Gasteiger partial charge in [-0.3, -0.25) is 15.1 Å². The maximum absolute atomic E-state index is 11.3. The summed E-state index contributed by atoms with van der Waals surface area (Å²) < 4.78 is 0. The summed E-state index contributed by atoms with van der Waals surface area (Å²) in [5.74, 6) is 4.96. The summed E-state index contributed by atoms with van der Waals surface area (Å²) in [5, 5.41) is 3.40. The molecule has 2 aromatic carbocycles. The van der Waals surface area contributed by atoms with E-state index in [0.717, 1.165) is 51.1 Å². The predicted molar refractivity (Wildman–Crippen MR) is 126 cm³/mol. The van der Waals surface area contributed by atoms with Crippen molar-refractivity contribution in [2.75, 3.05) is 26.2 Å². The van der Waals surface area contributed by atoms with Crippen molar-refractivity contribution < 1.29 is 4.79 Å². The number of piperazine rings is 1. The Kier molecular flexibility index (Phi) is 13.9. The first-order chi connectivity index (χ1) is 12.7. The molecule has 29 heavy (non-hydrogen) atoms. The standard InChI is InChI=1S/C21H28N4O.3ClH/c22-24-21(26)15-19-8-5-17(6-9-19)4-7-18-2-1-3-20(14-18)16-25-12-10-23-11-13-25;;;/h1-3,5-6,8-9,14,23H,4,7,10-13,15-16,22H2,(H,24,26);3*1H. The van der Waals surface area contributed by atoms with Gasteiger partial charge in [0, 0.05) is 32.7 Å². The van der Waals surface area contributed by atoms with Gasteiger partial charge in [-0.15, -0.1) is 37.2 Å². The first kappa shape index (κ1) is 27.7. The number of benzene rings is 2. The summed E-state index contributed by atoms with van der Waals surface area (Å²) in [4.78, 5) is 13.8. The number of aryl methyl sites for hydroxylation is 2. The molecule has 0 bridgehead atoms. The molecule has 0 radical (unpaired) electrons. The van der Waals surface area contributed by atoms with Crippen LogP contribution in [0.25, 0.3) is 0 Å². The number of amides is 1. The van der Waals surface area contributed by atoms with Gasteiger partial charge in [0.05, 0.1) is 6.42 Å². The van der Waals surface area contributed by atoms with Gasteiger partial charge in [0.15, 0.2) is 0 Å². The number of hydrogen-bond donors (Lipinski definition) is 3. The number of carbonyl (C=O) groups is 1. The van der Waals surface area contributed by atoms with Crippen LogP contribution in [0.4, 0.5) is 0 Å². The minimum Gasteiger partial charge on any atom is -0.314 e. The van der Waals surface area contributed by atoms with E-state index in [0.29, 0.717) is 6.42 Å². The van der Waals surface area contributed by atoms with Gasteiger partial charge in [-0.1, -0.05) is 48.5 Å². The molecule has 0 unspecified atom stereocenters. The fourth-order valence-corrected chi connectivity index (χ4v) is 3.36. The molecule has 2 aromatic rings. The van der Waals surface area contributed by atoms with Gasteiger partial charge in [-0.2, -0.15) is 0 Å². The molecule has 0 aromatic heterocycles. The maximum Gasteiger partial charge on any atom is 0.238 e. The van der Waals surface area contributed by atoms with Crippen molar-refractivity contribution in [3.8, 4) is 0 Å². The van der Waals surface area contributed by atoms with Gasteiger partial charge in [0.1, 0.15) is 0 Å². The van der Waals surface area contributed by atoms with Crippen LogP contribution in [0.2, 0.25) is 0 Å². The average Bonchev–Trinajstić information content (AvgIpc) is 2.68. The lowest BCUT2D eigenvalue weighted by Crippen LogP contribution is -2.42. The second-order valence-electron chi connectivity index (χ2n) is 6.91. The quantitative estimate of drug-likeness (QED) is 0.337.